The van der Waals surface area contributed by atoms with Crippen LogP contribution in [0.15, 0.2) is 10.4 Å². The average Bonchev–Trinajstić information content (AvgIpc) is 3.29. The average molecular weight is 392 g/mol. The maximum absolute atomic E-state index is 4.91. The minimum Gasteiger partial charge on any atom is -0.357 e. The Morgan fingerprint density at radius 1 is 1.26 bits per heavy atom. The molecule has 0 aromatic carbocycles. The third-order valence-corrected chi connectivity index (χ3v) is 6.40. The molecule has 3 heterocycles. The van der Waals surface area contributed by atoms with Crippen LogP contribution in [0.5, 0.6) is 0 Å². The Balaban J connectivity index is 1.56. The van der Waals surface area contributed by atoms with E-state index in [2.05, 4.69) is 48.2 Å². The first-order valence-corrected chi connectivity index (χ1v) is 11.5. The lowest BCUT2D eigenvalue weighted by atomic mass is 9.93. The molecular weight excluding hydrogens is 354 g/mol. The summed E-state index contributed by atoms with van der Waals surface area (Å²) in [7, 11) is 0. The van der Waals surface area contributed by atoms with Crippen LogP contribution >= 0.6 is 11.3 Å². The van der Waals surface area contributed by atoms with Gasteiger partial charge >= 0.3 is 0 Å². The summed E-state index contributed by atoms with van der Waals surface area (Å²) in [6.07, 6.45) is 5.46. The molecule has 152 valence electrons. The van der Waals surface area contributed by atoms with Crippen molar-refractivity contribution in [3.8, 4) is 0 Å². The Kier molecular flexibility index (Phi) is 7.15. The first-order valence-electron chi connectivity index (χ1n) is 10.7. The minimum absolute atomic E-state index is 0.111. The van der Waals surface area contributed by atoms with E-state index in [0.717, 1.165) is 36.5 Å². The molecule has 27 heavy (non-hydrogen) atoms. The molecule has 1 N–H and O–H groups in total. The molecule has 6 heteroatoms. The Hall–Kier alpha value is -1.14. The van der Waals surface area contributed by atoms with Gasteiger partial charge in [-0.3, -0.25) is 0 Å². The van der Waals surface area contributed by atoms with Crippen LogP contribution in [-0.2, 0) is 12.0 Å². The molecule has 1 unspecified atom stereocenters. The summed E-state index contributed by atoms with van der Waals surface area (Å²) in [4.78, 5) is 14.8. The van der Waals surface area contributed by atoms with Crippen molar-refractivity contribution in [3.05, 3.63) is 16.1 Å². The summed E-state index contributed by atoms with van der Waals surface area (Å²) < 4.78 is 0. The second-order valence-electron chi connectivity index (χ2n) is 9.01. The van der Waals surface area contributed by atoms with Crippen LogP contribution in [0.4, 0.5) is 0 Å². The largest absolute Gasteiger partial charge is 0.357 e. The number of piperidine rings is 1. The normalized spacial score (nSPS) is 22.4. The summed E-state index contributed by atoms with van der Waals surface area (Å²) in [6, 6.07) is 0. The number of hydrogen-bond acceptors (Lipinski definition) is 4. The number of guanidine groups is 1. The van der Waals surface area contributed by atoms with Gasteiger partial charge in [0.1, 0.15) is 5.01 Å². The summed E-state index contributed by atoms with van der Waals surface area (Å²) in [5.41, 5.74) is 1.28. The number of nitrogens with zero attached hydrogens (tertiary/aromatic N) is 4. The van der Waals surface area contributed by atoms with Crippen LogP contribution in [-0.4, -0.2) is 60.0 Å². The van der Waals surface area contributed by atoms with Crippen molar-refractivity contribution in [2.75, 3.05) is 39.3 Å². The highest BCUT2D eigenvalue weighted by Crippen LogP contribution is 2.24. The van der Waals surface area contributed by atoms with E-state index in [1.165, 1.54) is 51.0 Å². The van der Waals surface area contributed by atoms with Crippen molar-refractivity contribution in [2.45, 2.75) is 65.3 Å². The van der Waals surface area contributed by atoms with Gasteiger partial charge in [-0.25, -0.2) is 9.98 Å². The number of likely N-dealkylation sites (tertiary alicyclic amines) is 2. The highest BCUT2D eigenvalue weighted by atomic mass is 32.1. The lowest BCUT2D eigenvalue weighted by molar-refractivity contribution is 0.198. The second-order valence-corrected chi connectivity index (χ2v) is 9.95. The highest BCUT2D eigenvalue weighted by molar-refractivity contribution is 7.09. The molecule has 1 aromatic heterocycles. The number of rotatable bonds is 5. The van der Waals surface area contributed by atoms with Crippen molar-refractivity contribution < 1.29 is 0 Å². The van der Waals surface area contributed by atoms with Crippen LogP contribution in [0.1, 0.15) is 64.1 Å². The van der Waals surface area contributed by atoms with Crippen molar-refractivity contribution in [1.82, 2.24) is 20.1 Å². The van der Waals surface area contributed by atoms with E-state index in [4.69, 9.17) is 9.98 Å². The molecule has 5 nitrogen and oxygen atoms in total. The van der Waals surface area contributed by atoms with Gasteiger partial charge in [0, 0.05) is 37.0 Å². The SMILES string of the molecule is CCNC(=NCc1nc(C(C)(C)C)cs1)N1CCC(CN2CCCCC2)C1. The van der Waals surface area contributed by atoms with E-state index in [-0.39, 0.29) is 5.41 Å². The zero-order valence-electron chi connectivity index (χ0n) is 17.6. The van der Waals surface area contributed by atoms with E-state index in [0.29, 0.717) is 6.54 Å². The predicted octanol–water partition coefficient (Wildman–Crippen LogP) is 3.71. The van der Waals surface area contributed by atoms with Crippen molar-refractivity contribution in [2.24, 2.45) is 10.9 Å². The Bertz CT molecular complexity index is 612. The number of hydrogen-bond donors (Lipinski definition) is 1. The smallest absolute Gasteiger partial charge is 0.194 e. The molecule has 0 spiro atoms. The molecule has 0 aliphatic carbocycles. The van der Waals surface area contributed by atoms with E-state index in [1.54, 1.807) is 11.3 Å². The molecule has 0 amide bonds. The van der Waals surface area contributed by atoms with Gasteiger partial charge in [0.2, 0.25) is 0 Å². The first kappa shape index (κ1) is 20.6. The van der Waals surface area contributed by atoms with Crippen LogP contribution in [0, 0.1) is 5.92 Å². The molecule has 2 aliphatic rings. The molecule has 0 bridgehead atoms. The Morgan fingerprint density at radius 3 is 2.70 bits per heavy atom. The third kappa shape index (κ3) is 5.92. The molecule has 3 rings (SSSR count). The Morgan fingerprint density at radius 2 is 2.04 bits per heavy atom. The van der Waals surface area contributed by atoms with Gasteiger partial charge in [0.25, 0.3) is 0 Å². The zero-order valence-corrected chi connectivity index (χ0v) is 18.4. The van der Waals surface area contributed by atoms with Gasteiger partial charge in [-0.2, -0.15) is 0 Å². The fourth-order valence-electron chi connectivity index (χ4n) is 3.98. The standard InChI is InChI=1S/C21H37N5S/c1-5-22-20(23-13-19-24-18(16-27-19)21(2,3)4)26-12-9-17(15-26)14-25-10-7-6-8-11-25/h16-17H,5-15H2,1-4H3,(H,22,23). The summed E-state index contributed by atoms with van der Waals surface area (Å²) in [6.45, 7) is 16.5. The topological polar surface area (TPSA) is 43.8 Å². The van der Waals surface area contributed by atoms with Crippen molar-refractivity contribution >= 4 is 17.3 Å². The minimum atomic E-state index is 0.111. The summed E-state index contributed by atoms with van der Waals surface area (Å²) in [5.74, 6) is 1.84. The van der Waals surface area contributed by atoms with Crippen molar-refractivity contribution in [1.29, 1.82) is 0 Å². The van der Waals surface area contributed by atoms with Crippen molar-refractivity contribution in [3.63, 3.8) is 0 Å². The first-order chi connectivity index (χ1) is 13.0. The maximum Gasteiger partial charge on any atom is 0.194 e. The number of thiazole rings is 1. The second kappa shape index (κ2) is 9.37. The zero-order chi connectivity index (χ0) is 19.3. The molecule has 0 saturated carbocycles. The predicted molar refractivity (Wildman–Crippen MR) is 116 cm³/mol. The molecule has 1 atom stereocenters. The van der Waals surface area contributed by atoms with Gasteiger partial charge in [-0.15, -0.1) is 11.3 Å². The van der Waals surface area contributed by atoms with Crippen LogP contribution < -0.4 is 5.32 Å². The molecule has 0 radical (unpaired) electrons. The summed E-state index contributed by atoms with van der Waals surface area (Å²) >= 11 is 1.73. The number of aromatic nitrogens is 1. The molecule has 2 aliphatic heterocycles. The van der Waals surface area contributed by atoms with Crippen LogP contribution in [0.2, 0.25) is 0 Å². The number of aliphatic imine (C=N–C) groups is 1. The quantitative estimate of drug-likeness (QED) is 0.614. The van der Waals surface area contributed by atoms with Gasteiger partial charge in [0.05, 0.1) is 12.2 Å². The number of nitrogens with one attached hydrogen (secondary N) is 1. The van der Waals surface area contributed by atoms with Crippen LogP contribution in [0.25, 0.3) is 0 Å². The van der Waals surface area contributed by atoms with Gasteiger partial charge in [-0.05, 0) is 45.2 Å². The van der Waals surface area contributed by atoms with E-state index >= 15 is 0 Å². The lowest BCUT2D eigenvalue weighted by Gasteiger charge is -2.29. The summed E-state index contributed by atoms with van der Waals surface area (Å²) in [5, 5.41) is 6.79. The van der Waals surface area contributed by atoms with E-state index < -0.39 is 0 Å². The van der Waals surface area contributed by atoms with E-state index in [1.807, 2.05) is 0 Å². The Labute approximate surface area is 169 Å². The highest BCUT2D eigenvalue weighted by Gasteiger charge is 2.27. The molecule has 2 fully saturated rings. The van der Waals surface area contributed by atoms with Gasteiger partial charge < -0.3 is 15.1 Å². The maximum atomic E-state index is 4.91. The van der Waals surface area contributed by atoms with Gasteiger partial charge in [-0.1, -0.05) is 27.2 Å². The molecular formula is C21H37N5S. The monoisotopic (exact) mass is 391 g/mol. The van der Waals surface area contributed by atoms with E-state index in [9.17, 15) is 0 Å². The van der Waals surface area contributed by atoms with Gasteiger partial charge in [0.15, 0.2) is 5.96 Å². The molecule has 2 saturated heterocycles. The fraction of sp³-hybridized carbons (Fsp3) is 0.810. The lowest BCUT2D eigenvalue weighted by Crippen LogP contribution is -2.41. The fourth-order valence-corrected chi connectivity index (χ4v) is 4.92. The van der Waals surface area contributed by atoms with Crippen LogP contribution in [0.3, 0.4) is 0 Å². The molecule has 1 aromatic rings. The third-order valence-electron chi connectivity index (χ3n) is 5.57.